The molecule has 0 bridgehead atoms. The van der Waals surface area contributed by atoms with E-state index in [1.807, 2.05) is 0 Å². The predicted octanol–water partition coefficient (Wildman–Crippen LogP) is 1.47. The first-order valence-electron chi connectivity index (χ1n) is 4.89. The zero-order valence-corrected chi connectivity index (χ0v) is 7.92. The molecule has 1 fully saturated rings. The molecule has 1 N–H and O–H groups in total. The quantitative estimate of drug-likeness (QED) is 0.689. The van der Waals surface area contributed by atoms with E-state index in [-0.39, 0.29) is 11.6 Å². The van der Waals surface area contributed by atoms with E-state index >= 15 is 0 Å². The van der Waals surface area contributed by atoms with Crippen LogP contribution < -0.4 is 5.32 Å². The molecule has 0 radical (unpaired) electrons. The van der Waals surface area contributed by atoms with Gasteiger partial charge in [0.05, 0.1) is 0 Å². The van der Waals surface area contributed by atoms with Gasteiger partial charge in [-0.05, 0) is 31.6 Å². The number of nitrogens with zero attached hydrogens (tertiary/aromatic N) is 2. The van der Waals surface area contributed by atoms with Crippen molar-refractivity contribution in [3.8, 4) is 0 Å². The minimum Gasteiger partial charge on any atom is -0.356 e. The Balaban J connectivity index is 1.69. The lowest BCUT2D eigenvalue weighted by Crippen LogP contribution is -2.31. The molecule has 1 heterocycles. The Bertz CT molecular complexity index is 233. The highest BCUT2D eigenvalue weighted by molar-refractivity contribution is 5.72. The number of nitrogens with one attached hydrogen (secondary N) is 1. The third-order valence-electron chi connectivity index (χ3n) is 2.93. The van der Waals surface area contributed by atoms with E-state index in [2.05, 4.69) is 15.5 Å². The summed E-state index contributed by atoms with van der Waals surface area (Å²) in [5.74, 6) is 0.710. The normalized spacial score (nSPS) is 24.7. The van der Waals surface area contributed by atoms with Gasteiger partial charge in [0.2, 0.25) is 5.91 Å². The molecule has 2 rings (SSSR count). The number of amides is 1. The molecule has 1 spiro atoms. The number of carbonyl (C=O) groups excluding carboxylic acids is 1. The topological polar surface area (TPSA) is 53.8 Å². The fourth-order valence-corrected chi connectivity index (χ4v) is 1.90. The largest absolute Gasteiger partial charge is 0.356 e. The highest BCUT2D eigenvalue weighted by atomic mass is 16.1. The van der Waals surface area contributed by atoms with Crippen LogP contribution in [0.5, 0.6) is 0 Å². The minimum absolute atomic E-state index is 0.0344. The van der Waals surface area contributed by atoms with Crippen LogP contribution in [0.3, 0.4) is 0 Å². The van der Waals surface area contributed by atoms with E-state index < -0.39 is 0 Å². The molecule has 1 aliphatic heterocycles. The Morgan fingerprint density at radius 3 is 2.54 bits per heavy atom. The first-order valence-corrected chi connectivity index (χ1v) is 4.89. The summed E-state index contributed by atoms with van der Waals surface area (Å²) >= 11 is 0. The van der Waals surface area contributed by atoms with Crippen LogP contribution in [0.1, 0.15) is 32.6 Å². The Morgan fingerprint density at radius 1 is 1.46 bits per heavy atom. The summed E-state index contributed by atoms with van der Waals surface area (Å²) in [6, 6.07) is 0. The van der Waals surface area contributed by atoms with Gasteiger partial charge in [0.15, 0.2) is 5.66 Å². The van der Waals surface area contributed by atoms with Gasteiger partial charge in [-0.1, -0.05) is 0 Å². The van der Waals surface area contributed by atoms with Crippen molar-refractivity contribution in [3.63, 3.8) is 0 Å². The minimum atomic E-state index is 0.0344. The lowest BCUT2D eigenvalue weighted by atomic mass is 9.84. The molecule has 0 aromatic rings. The van der Waals surface area contributed by atoms with Gasteiger partial charge in [-0.2, -0.15) is 10.2 Å². The van der Waals surface area contributed by atoms with Gasteiger partial charge >= 0.3 is 0 Å². The molecule has 0 atom stereocenters. The second-order valence-electron chi connectivity index (χ2n) is 4.06. The summed E-state index contributed by atoms with van der Waals surface area (Å²) in [6.07, 6.45) is 4.45. The molecule has 4 nitrogen and oxygen atoms in total. The zero-order chi connectivity index (χ0) is 9.31. The van der Waals surface area contributed by atoms with Gasteiger partial charge < -0.3 is 5.32 Å². The van der Waals surface area contributed by atoms with Gasteiger partial charge in [0, 0.05) is 13.5 Å². The summed E-state index contributed by atoms with van der Waals surface area (Å²) in [5.41, 5.74) is 0.0344. The summed E-state index contributed by atoms with van der Waals surface area (Å²) < 4.78 is 0. The Kier molecular flexibility index (Phi) is 2.06. The predicted molar refractivity (Wildman–Crippen MR) is 48.2 cm³/mol. The van der Waals surface area contributed by atoms with Crippen LogP contribution in [-0.2, 0) is 4.79 Å². The fourth-order valence-electron chi connectivity index (χ4n) is 1.90. The van der Waals surface area contributed by atoms with Gasteiger partial charge in [0.25, 0.3) is 0 Å². The molecule has 1 saturated carbocycles. The van der Waals surface area contributed by atoms with Crippen molar-refractivity contribution >= 4 is 5.91 Å². The average Bonchev–Trinajstić information content (AvgIpc) is 2.85. The molecule has 2 aliphatic rings. The Labute approximate surface area is 77.8 Å². The first-order chi connectivity index (χ1) is 6.20. The summed E-state index contributed by atoms with van der Waals surface area (Å²) in [5, 5.41) is 11.0. The zero-order valence-electron chi connectivity index (χ0n) is 7.92. The van der Waals surface area contributed by atoms with Gasteiger partial charge in [-0.15, -0.1) is 0 Å². The van der Waals surface area contributed by atoms with Crippen molar-refractivity contribution < 1.29 is 4.79 Å². The lowest BCUT2D eigenvalue weighted by molar-refractivity contribution is -0.119. The van der Waals surface area contributed by atoms with Crippen LogP contribution in [0.25, 0.3) is 0 Å². The second-order valence-corrected chi connectivity index (χ2v) is 4.06. The lowest BCUT2D eigenvalue weighted by Gasteiger charge is -2.25. The highest BCUT2D eigenvalue weighted by Gasteiger charge is 2.43. The summed E-state index contributed by atoms with van der Waals surface area (Å²) in [6.45, 7) is 2.39. The molecule has 4 heteroatoms. The van der Waals surface area contributed by atoms with Crippen LogP contribution >= 0.6 is 0 Å². The smallest absolute Gasteiger partial charge is 0.216 e. The van der Waals surface area contributed by atoms with Gasteiger partial charge in [-0.25, -0.2) is 0 Å². The van der Waals surface area contributed by atoms with Crippen LogP contribution in [-0.4, -0.2) is 18.1 Å². The maximum Gasteiger partial charge on any atom is 0.216 e. The van der Waals surface area contributed by atoms with Crippen LogP contribution in [0.4, 0.5) is 0 Å². The Morgan fingerprint density at radius 2 is 2.08 bits per heavy atom. The van der Waals surface area contributed by atoms with Crippen molar-refractivity contribution in [2.24, 2.45) is 16.1 Å². The van der Waals surface area contributed by atoms with E-state index in [4.69, 9.17) is 0 Å². The summed E-state index contributed by atoms with van der Waals surface area (Å²) in [4.78, 5) is 10.7. The molecular formula is C9H15N3O. The molecule has 13 heavy (non-hydrogen) atoms. The summed E-state index contributed by atoms with van der Waals surface area (Å²) in [7, 11) is 0. The van der Waals surface area contributed by atoms with E-state index in [0.29, 0.717) is 5.92 Å². The van der Waals surface area contributed by atoms with Crippen molar-refractivity contribution in [3.05, 3.63) is 0 Å². The van der Waals surface area contributed by atoms with Crippen molar-refractivity contribution in [1.29, 1.82) is 0 Å². The molecule has 0 aromatic carbocycles. The first kappa shape index (κ1) is 8.66. The van der Waals surface area contributed by atoms with E-state index in [0.717, 1.165) is 32.2 Å². The number of hydrogen-bond donors (Lipinski definition) is 1. The van der Waals surface area contributed by atoms with Gasteiger partial charge in [-0.3, -0.25) is 4.79 Å². The molecule has 1 aliphatic carbocycles. The highest BCUT2D eigenvalue weighted by Crippen LogP contribution is 2.43. The van der Waals surface area contributed by atoms with Crippen LogP contribution in [0.2, 0.25) is 0 Å². The number of hydrogen-bond acceptors (Lipinski definition) is 3. The third-order valence-corrected chi connectivity index (χ3v) is 2.93. The molecular weight excluding hydrogens is 166 g/mol. The molecule has 0 aromatic heterocycles. The van der Waals surface area contributed by atoms with Crippen LogP contribution in [0.15, 0.2) is 10.2 Å². The molecule has 0 saturated heterocycles. The number of carbonyl (C=O) groups is 1. The van der Waals surface area contributed by atoms with E-state index in [1.54, 1.807) is 6.92 Å². The van der Waals surface area contributed by atoms with Crippen molar-refractivity contribution in [2.75, 3.05) is 6.54 Å². The molecule has 0 unspecified atom stereocenters. The van der Waals surface area contributed by atoms with Crippen molar-refractivity contribution in [2.45, 2.75) is 38.3 Å². The van der Waals surface area contributed by atoms with Crippen molar-refractivity contribution in [1.82, 2.24) is 5.32 Å². The SMILES string of the molecule is CC(=O)NCC1CCC2(CC1)N=N2. The Hall–Kier alpha value is -0.930. The van der Waals surface area contributed by atoms with E-state index in [9.17, 15) is 4.79 Å². The molecule has 72 valence electrons. The second kappa shape index (κ2) is 3.09. The number of rotatable bonds is 2. The fraction of sp³-hybridized carbons (Fsp3) is 0.889. The third kappa shape index (κ3) is 2.05. The van der Waals surface area contributed by atoms with Gasteiger partial charge in [0.1, 0.15) is 0 Å². The maximum atomic E-state index is 10.7. The van der Waals surface area contributed by atoms with Crippen LogP contribution in [0, 0.1) is 5.92 Å². The average molecular weight is 181 g/mol. The van der Waals surface area contributed by atoms with E-state index in [1.165, 1.54) is 0 Å². The molecule has 1 amide bonds. The maximum absolute atomic E-state index is 10.7. The monoisotopic (exact) mass is 181 g/mol. The standard InChI is InChI=1S/C9H15N3O/c1-7(13)10-6-8-2-4-9(5-3-8)11-12-9/h8H,2-6H2,1H3,(H,10,13).